The molecule has 0 spiro atoms. The third-order valence-electron chi connectivity index (χ3n) is 4.19. The van der Waals surface area contributed by atoms with Crippen molar-refractivity contribution in [3.63, 3.8) is 0 Å². The van der Waals surface area contributed by atoms with Crippen molar-refractivity contribution in [1.82, 2.24) is 10.1 Å². The fourth-order valence-electron chi connectivity index (χ4n) is 2.97. The fraction of sp³-hybridized carbons (Fsp3) is 0.500. The second-order valence-electron chi connectivity index (χ2n) is 6.09. The summed E-state index contributed by atoms with van der Waals surface area (Å²) in [7, 11) is 0. The zero-order valence-electron chi connectivity index (χ0n) is 12.2. The summed E-state index contributed by atoms with van der Waals surface area (Å²) in [5.74, 6) is 1.26. The molecule has 0 radical (unpaired) electrons. The van der Waals surface area contributed by atoms with Crippen LogP contribution >= 0.6 is 15.9 Å². The SMILES string of the molecule is Cc1ccc(-c2noc(CC3(N)CCCCC3)n2)c(Br)c1. The summed E-state index contributed by atoms with van der Waals surface area (Å²) >= 11 is 3.56. The zero-order chi connectivity index (χ0) is 14.9. The number of nitrogens with zero attached hydrogens (tertiary/aromatic N) is 2. The predicted octanol–water partition coefficient (Wildman–Crippen LogP) is 4.01. The molecule has 21 heavy (non-hydrogen) atoms. The molecule has 0 aliphatic heterocycles. The van der Waals surface area contributed by atoms with Crippen LogP contribution in [0, 0.1) is 6.92 Å². The third kappa shape index (κ3) is 3.35. The van der Waals surface area contributed by atoms with Crippen molar-refractivity contribution in [2.75, 3.05) is 0 Å². The summed E-state index contributed by atoms with van der Waals surface area (Å²) in [5.41, 5.74) is 8.42. The van der Waals surface area contributed by atoms with Crippen LogP contribution in [0.15, 0.2) is 27.2 Å². The van der Waals surface area contributed by atoms with Crippen molar-refractivity contribution in [3.8, 4) is 11.4 Å². The van der Waals surface area contributed by atoms with E-state index in [4.69, 9.17) is 10.3 Å². The number of rotatable bonds is 3. The molecule has 0 atom stereocenters. The zero-order valence-corrected chi connectivity index (χ0v) is 13.8. The molecule has 1 aromatic heterocycles. The van der Waals surface area contributed by atoms with E-state index in [9.17, 15) is 0 Å². The van der Waals surface area contributed by atoms with E-state index in [1.54, 1.807) is 0 Å². The fourth-order valence-corrected chi connectivity index (χ4v) is 3.64. The monoisotopic (exact) mass is 349 g/mol. The first-order chi connectivity index (χ1) is 10.1. The standard InChI is InChI=1S/C16H20BrN3O/c1-11-5-6-12(13(17)9-11)15-19-14(21-20-15)10-16(18)7-3-2-4-8-16/h5-6,9H,2-4,7-8,10,18H2,1H3. The van der Waals surface area contributed by atoms with Gasteiger partial charge in [-0.1, -0.05) is 46.4 Å². The average Bonchev–Trinajstić information content (AvgIpc) is 2.87. The van der Waals surface area contributed by atoms with Crippen LogP contribution in [-0.2, 0) is 6.42 Å². The minimum atomic E-state index is -0.174. The van der Waals surface area contributed by atoms with E-state index in [-0.39, 0.29) is 5.54 Å². The number of benzene rings is 1. The van der Waals surface area contributed by atoms with E-state index in [0.717, 1.165) is 22.9 Å². The highest BCUT2D eigenvalue weighted by Crippen LogP contribution is 2.30. The number of hydrogen-bond donors (Lipinski definition) is 1. The lowest BCUT2D eigenvalue weighted by Gasteiger charge is -2.31. The van der Waals surface area contributed by atoms with Crippen LogP contribution in [0.1, 0.15) is 43.6 Å². The molecule has 3 rings (SSSR count). The number of aryl methyl sites for hydroxylation is 1. The Kier molecular flexibility index (Phi) is 4.13. The average molecular weight is 350 g/mol. The van der Waals surface area contributed by atoms with Gasteiger partial charge in [-0.3, -0.25) is 0 Å². The molecule has 0 unspecified atom stereocenters. The van der Waals surface area contributed by atoms with Crippen molar-refractivity contribution in [2.24, 2.45) is 5.73 Å². The number of halogens is 1. The summed E-state index contributed by atoms with van der Waals surface area (Å²) in [5, 5.41) is 4.10. The van der Waals surface area contributed by atoms with Gasteiger partial charge in [-0.2, -0.15) is 4.98 Å². The molecule has 1 fully saturated rings. The van der Waals surface area contributed by atoms with Crippen LogP contribution in [0.5, 0.6) is 0 Å². The quantitative estimate of drug-likeness (QED) is 0.908. The Morgan fingerprint density at radius 3 is 2.76 bits per heavy atom. The maximum absolute atomic E-state index is 6.45. The van der Waals surface area contributed by atoms with E-state index in [0.29, 0.717) is 18.1 Å². The summed E-state index contributed by atoms with van der Waals surface area (Å²) in [4.78, 5) is 4.52. The Hall–Kier alpha value is -1.20. The van der Waals surface area contributed by atoms with Crippen LogP contribution in [0.4, 0.5) is 0 Å². The second kappa shape index (κ2) is 5.89. The van der Waals surface area contributed by atoms with Crippen molar-refractivity contribution in [1.29, 1.82) is 0 Å². The van der Waals surface area contributed by atoms with E-state index < -0.39 is 0 Å². The lowest BCUT2D eigenvalue weighted by atomic mass is 9.80. The van der Waals surface area contributed by atoms with E-state index in [1.807, 2.05) is 12.1 Å². The van der Waals surface area contributed by atoms with Gasteiger partial charge < -0.3 is 10.3 Å². The minimum absolute atomic E-state index is 0.174. The largest absolute Gasteiger partial charge is 0.339 e. The molecule has 2 N–H and O–H groups in total. The Labute approximate surface area is 133 Å². The first-order valence-corrected chi connectivity index (χ1v) is 8.23. The molecule has 2 aromatic rings. The normalized spacial score (nSPS) is 17.9. The maximum atomic E-state index is 6.45. The molecular formula is C16H20BrN3O. The lowest BCUT2D eigenvalue weighted by Crippen LogP contribution is -2.43. The lowest BCUT2D eigenvalue weighted by molar-refractivity contribution is 0.261. The highest BCUT2D eigenvalue weighted by molar-refractivity contribution is 9.10. The van der Waals surface area contributed by atoms with Gasteiger partial charge in [0, 0.05) is 22.0 Å². The molecule has 0 amide bonds. The highest BCUT2D eigenvalue weighted by atomic mass is 79.9. The Morgan fingerprint density at radius 1 is 1.29 bits per heavy atom. The molecule has 112 valence electrons. The summed E-state index contributed by atoms with van der Waals surface area (Å²) in [6.45, 7) is 2.05. The van der Waals surface area contributed by atoms with Crippen molar-refractivity contribution >= 4 is 15.9 Å². The highest BCUT2D eigenvalue weighted by Gasteiger charge is 2.30. The predicted molar refractivity (Wildman–Crippen MR) is 85.9 cm³/mol. The molecule has 0 saturated heterocycles. The number of aromatic nitrogens is 2. The first kappa shape index (κ1) is 14.7. The van der Waals surface area contributed by atoms with Gasteiger partial charge in [0.1, 0.15) is 0 Å². The van der Waals surface area contributed by atoms with Crippen LogP contribution < -0.4 is 5.73 Å². The molecule has 1 aromatic carbocycles. The summed E-state index contributed by atoms with van der Waals surface area (Å²) < 4.78 is 6.39. The molecule has 1 aliphatic carbocycles. The second-order valence-corrected chi connectivity index (χ2v) is 6.95. The molecule has 5 heteroatoms. The Bertz CT molecular complexity index is 632. The molecule has 4 nitrogen and oxygen atoms in total. The topological polar surface area (TPSA) is 64.9 Å². The summed E-state index contributed by atoms with van der Waals surface area (Å²) in [6, 6.07) is 6.10. The van der Waals surface area contributed by atoms with Crippen molar-refractivity contribution in [2.45, 2.75) is 51.0 Å². The number of hydrogen-bond acceptors (Lipinski definition) is 4. The van der Waals surface area contributed by atoms with Crippen LogP contribution in [0.25, 0.3) is 11.4 Å². The van der Waals surface area contributed by atoms with Crippen LogP contribution in [0.3, 0.4) is 0 Å². The number of nitrogens with two attached hydrogens (primary N) is 1. The molecular weight excluding hydrogens is 330 g/mol. The molecule has 0 bridgehead atoms. The van der Waals surface area contributed by atoms with Crippen molar-refractivity contribution in [3.05, 3.63) is 34.1 Å². The maximum Gasteiger partial charge on any atom is 0.228 e. The Balaban J connectivity index is 1.80. The van der Waals surface area contributed by atoms with Gasteiger partial charge in [-0.05, 0) is 37.5 Å². The van der Waals surface area contributed by atoms with Crippen LogP contribution in [0.2, 0.25) is 0 Å². The van der Waals surface area contributed by atoms with Gasteiger partial charge in [0.15, 0.2) is 0 Å². The molecule has 1 aliphatic rings. The van der Waals surface area contributed by atoms with Crippen LogP contribution in [-0.4, -0.2) is 15.7 Å². The van der Waals surface area contributed by atoms with Gasteiger partial charge in [0.25, 0.3) is 0 Å². The van der Waals surface area contributed by atoms with Gasteiger partial charge >= 0.3 is 0 Å². The minimum Gasteiger partial charge on any atom is -0.339 e. The van der Waals surface area contributed by atoms with Gasteiger partial charge in [-0.25, -0.2) is 0 Å². The van der Waals surface area contributed by atoms with Gasteiger partial charge in [-0.15, -0.1) is 0 Å². The Morgan fingerprint density at radius 2 is 2.05 bits per heavy atom. The van der Waals surface area contributed by atoms with E-state index >= 15 is 0 Å². The first-order valence-electron chi connectivity index (χ1n) is 7.44. The third-order valence-corrected chi connectivity index (χ3v) is 4.84. The smallest absolute Gasteiger partial charge is 0.228 e. The van der Waals surface area contributed by atoms with E-state index in [2.05, 4.69) is 39.1 Å². The van der Waals surface area contributed by atoms with Crippen molar-refractivity contribution < 1.29 is 4.52 Å². The van der Waals surface area contributed by atoms with E-state index in [1.165, 1.54) is 24.8 Å². The molecule has 1 heterocycles. The summed E-state index contributed by atoms with van der Waals surface area (Å²) in [6.07, 6.45) is 6.42. The van der Waals surface area contributed by atoms with Gasteiger partial charge in [0.2, 0.25) is 11.7 Å². The van der Waals surface area contributed by atoms with Gasteiger partial charge in [0.05, 0.1) is 0 Å². The molecule has 1 saturated carbocycles.